The first kappa shape index (κ1) is 32.0. The van der Waals surface area contributed by atoms with Crippen LogP contribution >= 0.6 is 0 Å². The molecule has 0 aromatic heterocycles. The number of nitrogens with zero attached hydrogens (tertiary/aromatic N) is 4. The van der Waals surface area contributed by atoms with Crippen LogP contribution in [0.5, 0.6) is 11.5 Å². The molecule has 0 unspecified atom stereocenters. The number of ether oxygens (including phenoxy) is 3. The van der Waals surface area contributed by atoms with Gasteiger partial charge in [0.05, 0.1) is 20.3 Å². The molecule has 1 aliphatic heterocycles. The van der Waals surface area contributed by atoms with Gasteiger partial charge in [0.15, 0.2) is 11.6 Å². The average molecular weight is 624 g/mol. The summed E-state index contributed by atoms with van der Waals surface area (Å²) < 4.78 is 31.4. The molecule has 11 heteroatoms. The second-order valence-electron chi connectivity index (χ2n) is 10.7. The van der Waals surface area contributed by atoms with Gasteiger partial charge < -0.3 is 24.6 Å². The molecule has 0 saturated carbocycles. The van der Waals surface area contributed by atoms with Gasteiger partial charge in [0.2, 0.25) is 5.90 Å². The van der Waals surface area contributed by atoms with Crippen molar-refractivity contribution in [1.82, 2.24) is 5.32 Å². The van der Waals surface area contributed by atoms with Gasteiger partial charge in [-0.1, -0.05) is 53.6 Å². The third kappa shape index (κ3) is 7.46. The molecule has 1 heterocycles. The Morgan fingerprint density at radius 2 is 1.80 bits per heavy atom. The maximum absolute atomic E-state index is 14.5. The van der Waals surface area contributed by atoms with Gasteiger partial charge in [-0.15, -0.1) is 0 Å². The minimum atomic E-state index is -1.51. The number of rotatable bonds is 14. The number of hydrogen-bond acceptors (Lipinski definition) is 7. The third-order valence-corrected chi connectivity index (χ3v) is 7.68. The quantitative estimate of drug-likeness (QED) is 0.0743. The Bertz CT molecular complexity index is 1720. The van der Waals surface area contributed by atoms with Crippen molar-refractivity contribution in [1.29, 1.82) is 0 Å². The number of aliphatic hydroxyl groups is 1. The molecule has 0 bridgehead atoms. The van der Waals surface area contributed by atoms with Gasteiger partial charge in [0.25, 0.3) is 5.91 Å². The average Bonchev–Trinajstić information content (AvgIpc) is 3.48. The van der Waals surface area contributed by atoms with Crippen molar-refractivity contribution in [3.05, 3.63) is 141 Å². The van der Waals surface area contributed by atoms with Crippen molar-refractivity contribution in [2.75, 3.05) is 20.3 Å². The molecular weight excluding hydrogens is 589 g/mol. The van der Waals surface area contributed by atoms with E-state index < -0.39 is 17.6 Å². The Labute approximate surface area is 266 Å². The zero-order chi connectivity index (χ0) is 32.4. The van der Waals surface area contributed by atoms with Crippen LogP contribution < -0.4 is 14.8 Å². The van der Waals surface area contributed by atoms with E-state index in [1.807, 2.05) is 42.5 Å². The lowest BCUT2D eigenvalue weighted by atomic mass is 9.80. The highest BCUT2D eigenvalue weighted by Gasteiger charge is 2.53. The van der Waals surface area contributed by atoms with E-state index in [0.29, 0.717) is 41.2 Å². The van der Waals surface area contributed by atoms with Crippen LogP contribution in [0.1, 0.15) is 40.3 Å². The fourth-order valence-electron chi connectivity index (χ4n) is 5.31. The van der Waals surface area contributed by atoms with Gasteiger partial charge in [-0.3, -0.25) is 4.79 Å². The first-order valence-electron chi connectivity index (χ1n) is 14.8. The molecule has 5 rings (SSSR count). The number of halogens is 1. The normalized spacial score (nSPS) is 16.9. The largest absolute Gasteiger partial charge is 0.497 e. The number of nitrogens with one attached hydrogen (secondary N) is 1. The predicted octanol–water partition coefficient (Wildman–Crippen LogP) is 6.22. The van der Waals surface area contributed by atoms with Crippen LogP contribution in [0.2, 0.25) is 0 Å². The molecule has 4 aromatic carbocycles. The Balaban J connectivity index is 1.60. The van der Waals surface area contributed by atoms with Gasteiger partial charge in [0, 0.05) is 36.5 Å². The number of carbonyl (C=O) groups excluding carboxylic acids is 1. The summed E-state index contributed by atoms with van der Waals surface area (Å²) >= 11 is 0. The molecule has 2 N–H and O–H groups in total. The SMILES string of the molecule is COc1cccc([C@H]2OC(c3ccc(OCCCO)cc3)=N[C@@]2(Cc2ccccc2CN=[N+]=[N-])C(=O)NCc2ccc(F)cc2)c1. The Hall–Kier alpha value is -5.38. The Morgan fingerprint density at radius 3 is 2.52 bits per heavy atom. The molecule has 1 aliphatic rings. The molecular formula is C35H34FN5O5. The maximum atomic E-state index is 14.5. The molecule has 0 radical (unpaired) electrons. The van der Waals surface area contributed by atoms with E-state index in [-0.39, 0.29) is 37.8 Å². The smallest absolute Gasteiger partial charge is 0.252 e. The first-order valence-corrected chi connectivity index (χ1v) is 14.8. The summed E-state index contributed by atoms with van der Waals surface area (Å²) in [4.78, 5) is 22.5. The topological polar surface area (TPSA) is 138 Å². The predicted molar refractivity (Wildman–Crippen MR) is 171 cm³/mol. The van der Waals surface area contributed by atoms with Gasteiger partial charge >= 0.3 is 0 Å². The fourth-order valence-corrected chi connectivity index (χ4v) is 5.31. The molecule has 0 spiro atoms. The molecule has 46 heavy (non-hydrogen) atoms. The molecule has 0 aliphatic carbocycles. The zero-order valence-corrected chi connectivity index (χ0v) is 25.3. The number of aliphatic imine (C=N–C) groups is 1. The van der Waals surface area contributed by atoms with Crippen molar-refractivity contribution in [2.24, 2.45) is 10.1 Å². The molecule has 2 atom stereocenters. The van der Waals surface area contributed by atoms with E-state index in [0.717, 1.165) is 11.1 Å². The summed E-state index contributed by atoms with van der Waals surface area (Å²) in [5.74, 6) is 0.699. The maximum Gasteiger partial charge on any atom is 0.252 e. The van der Waals surface area contributed by atoms with Crippen molar-refractivity contribution in [3.8, 4) is 11.5 Å². The van der Waals surface area contributed by atoms with Crippen LogP contribution in [0.15, 0.2) is 107 Å². The van der Waals surface area contributed by atoms with Crippen molar-refractivity contribution < 1.29 is 28.5 Å². The summed E-state index contributed by atoms with van der Waals surface area (Å²) in [6, 6.07) is 27.8. The number of methoxy groups -OCH3 is 1. The van der Waals surface area contributed by atoms with Gasteiger partial charge in [-0.05, 0) is 76.3 Å². The number of amides is 1. The summed E-state index contributed by atoms with van der Waals surface area (Å²) in [6.45, 7) is 0.638. The van der Waals surface area contributed by atoms with Crippen LogP contribution in [0, 0.1) is 5.82 Å². The molecule has 0 saturated heterocycles. The Morgan fingerprint density at radius 1 is 1.04 bits per heavy atom. The summed E-state index contributed by atoms with van der Waals surface area (Å²) in [6.07, 6.45) is -0.248. The van der Waals surface area contributed by atoms with Crippen molar-refractivity contribution in [3.63, 3.8) is 0 Å². The second kappa shape index (κ2) is 15.1. The zero-order valence-electron chi connectivity index (χ0n) is 25.3. The lowest BCUT2D eigenvalue weighted by molar-refractivity contribution is -0.129. The number of aliphatic hydroxyl groups excluding tert-OH is 1. The summed E-state index contributed by atoms with van der Waals surface area (Å²) in [5, 5.41) is 15.9. The van der Waals surface area contributed by atoms with Crippen molar-refractivity contribution in [2.45, 2.75) is 37.6 Å². The molecule has 1 amide bonds. The molecule has 10 nitrogen and oxygen atoms in total. The van der Waals surface area contributed by atoms with E-state index in [1.165, 1.54) is 12.1 Å². The minimum absolute atomic E-state index is 0.0334. The van der Waals surface area contributed by atoms with E-state index in [1.54, 1.807) is 49.6 Å². The van der Waals surface area contributed by atoms with E-state index in [9.17, 15) is 9.18 Å². The van der Waals surface area contributed by atoms with Gasteiger partial charge in [-0.25, -0.2) is 9.38 Å². The summed E-state index contributed by atoms with van der Waals surface area (Å²) in [5.41, 5.74) is 11.0. The van der Waals surface area contributed by atoms with Crippen molar-refractivity contribution >= 4 is 11.8 Å². The molecule has 0 fully saturated rings. The van der Waals surface area contributed by atoms with E-state index >= 15 is 0 Å². The lowest BCUT2D eigenvalue weighted by Crippen LogP contribution is -2.49. The Kier molecular flexibility index (Phi) is 10.5. The van der Waals surface area contributed by atoms with Crippen LogP contribution in [0.3, 0.4) is 0 Å². The standard InChI is InChI=1S/C35H34FN5O5/c1-44-31-9-4-8-26(20-31)32-35(21-27-6-2-3-7-28(27)23-39-41-37,34(43)38-22-24-10-14-29(36)15-11-24)40-33(46-32)25-12-16-30(17-13-25)45-19-5-18-42/h2-4,6-17,20,32,42H,5,18-19,21-23H2,1H3,(H,38,43)/t32-,35-/m1/s1. The minimum Gasteiger partial charge on any atom is -0.497 e. The number of carbonyl (C=O) groups is 1. The third-order valence-electron chi connectivity index (χ3n) is 7.68. The van der Waals surface area contributed by atoms with Crippen LogP contribution in [0.4, 0.5) is 4.39 Å². The molecule has 4 aromatic rings. The number of hydrogen-bond donors (Lipinski definition) is 2. The first-order chi connectivity index (χ1) is 22.5. The van der Waals surface area contributed by atoms with Crippen LogP contribution in [-0.4, -0.2) is 42.8 Å². The van der Waals surface area contributed by atoms with Gasteiger partial charge in [-0.2, -0.15) is 0 Å². The van der Waals surface area contributed by atoms with Crippen LogP contribution in [-0.2, 0) is 29.0 Å². The monoisotopic (exact) mass is 623 g/mol. The number of benzene rings is 4. The highest BCUT2D eigenvalue weighted by molar-refractivity contribution is 6.01. The number of azide groups is 1. The highest BCUT2D eigenvalue weighted by atomic mass is 19.1. The van der Waals surface area contributed by atoms with Crippen LogP contribution in [0.25, 0.3) is 10.4 Å². The summed E-state index contributed by atoms with van der Waals surface area (Å²) in [7, 11) is 1.56. The van der Waals surface area contributed by atoms with Gasteiger partial charge in [0.1, 0.15) is 17.3 Å². The lowest BCUT2D eigenvalue weighted by Gasteiger charge is -2.31. The van der Waals surface area contributed by atoms with E-state index in [4.69, 9.17) is 29.8 Å². The highest BCUT2D eigenvalue weighted by Crippen LogP contribution is 2.43. The second-order valence-corrected chi connectivity index (χ2v) is 10.7. The van der Waals surface area contributed by atoms with E-state index in [2.05, 4.69) is 15.3 Å². The fraction of sp³-hybridized carbons (Fsp3) is 0.257. The molecule has 236 valence electrons.